The first-order valence-electron chi connectivity index (χ1n) is 8.70. The van der Waals surface area contributed by atoms with E-state index >= 15 is 0 Å². The van der Waals surface area contributed by atoms with Crippen molar-refractivity contribution >= 4 is 11.3 Å². The van der Waals surface area contributed by atoms with Crippen LogP contribution in [0.25, 0.3) is 21.1 Å². The SMILES string of the molecule is Cc1nc(-c2ccccc2)sc1-c1cc2c(nn1)CCCCCC2. The van der Waals surface area contributed by atoms with Gasteiger partial charge < -0.3 is 0 Å². The predicted octanol–water partition coefficient (Wildman–Crippen LogP) is 5.23. The van der Waals surface area contributed by atoms with Gasteiger partial charge >= 0.3 is 0 Å². The molecular weight excluding hydrogens is 314 g/mol. The number of hydrogen-bond donors (Lipinski definition) is 0. The molecule has 0 saturated heterocycles. The summed E-state index contributed by atoms with van der Waals surface area (Å²) in [6.07, 6.45) is 7.33. The highest BCUT2D eigenvalue weighted by Crippen LogP contribution is 2.34. The minimum atomic E-state index is 0.978. The van der Waals surface area contributed by atoms with Crippen molar-refractivity contribution in [2.45, 2.75) is 45.4 Å². The number of rotatable bonds is 2. The fourth-order valence-corrected chi connectivity index (χ4v) is 4.32. The van der Waals surface area contributed by atoms with Gasteiger partial charge in [0.1, 0.15) is 10.7 Å². The average Bonchev–Trinajstić information content (AvgIpc) is 2.98. The second-order valence-electron chi connectivity index (χ2n) is 6.42. The molecule has 4 rings (SSSR count). The van der Waals surface area contributed by atoms with Crippen LogP contribution in [0.5, 0.6) is 0 Å². The van der Waals surface area contributed by atoms with Crippen molar-refractivity contribution in [2.75, 3.05) is 0 Å². The summed E-state index contributed by atoms with van der Waals surface area (Å²) in [6.45, 7) is 2.07. The van der Waals surface area contributed by atoms with E-state index in [0.29, 0.717) is 0 Å². The summed E-state index contributed by atoms with van der Waals surface area (Å²) in [5, 5.41) is 10.1. The monoisotopic (exact) mass is 335 g/mol. The number of benzene rings is 1. The molecule has 0 bridgehead atoms. The summed E-state index contributed by atoms with van der Waals surface area (Å²) in [4.78, 5) is 5.90. The Morgan fingerprint density at radius 2 is 1.71 bits per heavy atom. The molecule has 2 aromatic heterocycles. The van der Waals surface area contributed by atoms with Crippen molar-refractivity contribution in [3.63, 3.8) is 0 Å². The Hall–Kier alpha value is -2.07. The highest BCUT2D eigenvalue weighted by atomic mass is 32.1. The van der Waals surface area contributed by atoms with E-state index in [1.807, 2.05) is 6.07 Å². The zero-order chi connectivity index (χ0) is 16.4. The van der Waals surface area contributed by atoms with Crippen LogP contribution in [0, 0.1) is 6.92 Å². The third kappa shape index (κ3) is 3.11. The first kappa shape index (κ1) is 15.5. The van der Waals surface area contributed by atoms with Crippen LogP contribution in [-0.2, 0) is 12.8 Å². The van der Waals surface area contributed by atoms with E-state index in [1.54, 1.807) is 11.3 Å². The normalized spacial score (nSPS) is 14.7. The van der Waals surface area contributed by atoms with Gasteiger partial charge in [-0.15, -0.1) is 16.4 Å². The van der Waals surface area contributed by atoms with Crippen LogP contribution >= 0.6 is 11.3 Å². The van der Waals surface area contributed by atoms with E-state index in [1.165, 1.54) is 36.9 Å². The molecule has 0 fully saturated rings. The van der Waals surface area contributed by atoms with Crippen LogP contribution in [0.15, 0.2) is 36.4 Å². The lowest BCUT2D eigenvalue weighted by Crippen LogP contribution is -2.05. The molecule has 0 aliphatic heterocycles. The highest BCUT2D eigenvalue weighted by Gasteiger charge is 2.16. The molecule has 1 aliphatic carbocycles. The molecule has 0 amide bonds. The Balaban J connectivity index is 1.71. The molecule has 0 unspecified atom stereocenters. The summed E-state index contributed by atoms with van der Waals surface area (Å²) in [7, 11) is 0. The molecule has 0 N–H and O–H groups in total. The van der Waals surface area contributed by atoms with Crippen LogP contribution in [0.3, 0.4) is 0 Å². The van der Waals surface area contributed by atoms with E-state index in [-0.39, 0.29) is 0 Å². The smallest absolute Gasteiger partial charge is 0.124 e. The van der Waals surface area contributed by atoms with Crippen LogP contribution in [0.4, 0.5) is 0 Å². The second-order valence-corrected chi connectivity index (χ2v) is 7.41. The quantitative estimate of drug-likeness (QED) is 0.643. The van der Waals surface area contributed by atoms with Crippen molar-refractivity contribution in [3.8, 4) is 21.1 Å². The zero-order valence-electron chi connectivity index (χ0n) is 14.0. The first-order valence-corrected chi connectivity index (χ1v) is 9.51. The number of aromatic nitrogens is 3. The van der Waals surface area contributed by atoms with Gasteiger partial charge in [0, 0.05) is 5.56 Å². The maximum Gasteiger partial charge on any atom is 0.124 e. The molecule has 0 spiro atoms. The van der Waals surface area contributed by atoms with Crippen molar-refractivity contribution in [2.24, 2.45) is 0 Å². The fourth-order valence-electron chi connectivity index (χ4n) is 3.29. The van der Waals surface area contributed by atoms with Gasteiger partial charge in [0.25, 0.3) is 0 Å². The van der Waals surface area contributed by atoms with Crippen molar-refractivity contribution < 1.29 is 0 Å². The lowest BCUT2D eigenvalue weighted by atomic mass is 9.97. The van der Waals surface area contributed by atoms with Gasteiger partial charge in [0.2, 0.25) is 0 Å². The van der Waals surface area contributed by atoms with E-state index < -0.39 is 0 Å². The molecule has 1 aromatic carbocycles. The topological polar surface area (TPSA) is 38.7 Å². The maximum atomic E-state index is 4.75. The Kier molecular flexibility index (Phi) is 4.39. The molecule has 0 saturated carbocycles. The largest absolute Gasteiger partial charge is 0.241 e. The summed E-state index contributed by atoms with van der Waals surface area (Å²) < 4.78 is 0. The van der Waals surface area contributed by atoms with E-state index in [4.69, 9.17) is 4.98 Å². The number of hydrogen-bond acceptors (Lipinski definition) is 4. The molecule has 24 heavy (non-hydrogen) atoms. The maximum absolute atomic E-state index is 4.75. The summed E-state index contributed by atoms with van der Waals surface area (Å²) in [5.74, 6) is 0. The molecule has 3 nitrogen and oxygen atoms in total. The molecule has 0 atom stereocenters. The van der Waals surface area contributed by atoms with E-state index in [0.717, 1.165) is 39.7 Å². The third-order valence-electron chi connectivity index (χ3n) is 4.62. The number of nitrogens with zero attached hydrogens (tertiary/aromatic N) is 3. The Morgan fingerprint density at radius 1 is 0.917 bits per heavy atom. The molecular formula is C20H21N3S. The predicted molar refractivity (Wildman–Crippen MR) is 99.2 cm³/mol. The molecule has 1 aliphatic rings. The minimum absolute atomic E-state index is 0.978. The van der Waals surface area contributed by atoms with Gasteiger partial charge in [-0.2, -0.15) is 5.10 Å². The van der Waals surface area contributed by atoms with E-state index in [9.17, 15) is 0 Å². The van der Waals surface area contributed by atoms with Gasteiger partial charge in [0.15, 0.2) is 0 Å². The summed E-state index contributed by atoms with van der Waals surface area (Å²) >= 11 is 1.71. The van der Waals surface area contributed by atoms with Gasteiger partial charge in [0.05, 0.1) is 16.3 Å². The molecule has 4 heteroatoms. The Labute approximate surface area is 146 Å². The minimum Gasteiger partial charge on any atom is -0.241 e. The summed E-state index contributed by atoms with van der Waals surface area (Å²) in [5.41, 5.74) is 5.76. The highest BCUT2D eigenvalue weighted by molar-refractivity contribution is 7.18. The second kappa shape index (κ2) is 6.81. The van der Waals surface area contributed by atoms with Crippen LogP contribution in [0.1, 0.15) is 42.6 Å². The average molecular weight is 335 g/mol. The Morgan fingerprint density at radius 3 is 2.54 bits per heavy atom. The van der Waals surface area contributed by atoms with Gasteiger partial charge in [-0.3, -0.25) is 0 Å². The molecule has 0 radical (unpaired) electrons. The van der Waals surface area contributed by atoms with Crippen LogP contribution in [-0.4, -0.2) is 15.2 Å². The lowest BCUT2D eigenvalue weighted by molar-refractivity contribution is 0.603. The third-order valence-corrected chi connectivity index (χ3v) is 5.85. The standard InChI is InChI=1S/C20H21N3S/c1-14-19(24-20(21-14)15-9-6-4-7-10-15)18-13-16-11-5-2-3-8-12-17(16)22-23-18/h4,6-7,9-10,13H,2-3,5,8,11-12H2,1H3. The van der Waals surface area contributed by atoms with Crippen LogP contribution < -0.4 is 0 Å². The Bertz CT molecular complexity index is 839. The summed E-state index contributed by atoms with van der Waals surface area (Å²) in [6, 6.07) is 12.6. The van der Waals surface area contributed by atoms with Gasteiger partial charge in [-0.05, 0) is 44.2 Å². The van der Waals surface area contributed by atoms with Gasteiger partial charge in [-0.1, -0.05) is 43.2 Å². The number of fused-ring (bicyclic) bond motifs is 1. The molecule has 3 aromatic rings. The molecule has 2 heterocycles. The number of thiazole rings is 1. The van der Waals surface area contributed by atoms with Crippen LogP contribution in [0.2, 0.25) is 0 Å². The van der Waals surface area contributed by atoms with E-state index in [2.05, 4.69) is 47.5 Å². The number of aryl methyl sites for hydroxylation is 3. The van der Waals surface area contributed by atoms with Gasteiger partial charge in [-0.25, -0.2) is 4.98 Å². The lowest BCUT2D eigenvalue weighted by Gasteiger charge is -2.12. The first-order chi connectivity index (χ1) is 11.8. The molecule has 122 valence electrons. The van der Waals surface area contributed by atoms with Crippen molar-refractivity contribution in [1.29, 1.82) is 0 Å². The van der Waals surface area contributed by atoms with Crippen molar-refractivity contribution in [1.82, 2.24) is 15.2 Å². The zero-order valence-corrected chi connectivity index (χ0v) is 14.8. The fraction of sp³-hybridized carbons (Fsp3) is 0.350. The van der Waals surface area contributed by atoms with Crippen molar-refractivity contribution in [3.05, 3.63) is 53.3 Å².